The lowest BCUT2D eigenvalue weighted by atomic mass is 10.1. The zero-order chi connectivity index (χ0) is 13.8. The average molecular weight is 279 g/mol. The molecule has 19 heavy (non-hydrogen) atoms. The van der Waals surface area contributed by atoms with Crippen molar-refractivity contribution in [2.75, 3.05) is 0 Å². The number of hydrogen-bond acceptors (Lipinski definition) is 4. The van der Waals surface area contributed by atoms with Crippen LogP contribution in [0.25, 0.3) is 0 Å². The van der Waals surface area contributed by atoms with E-state index in [0.29, 0.717) is 11.6 Å². The van der Waals surface area contributed by atoms with Crippen molar-refractivity contribution >= 4 is 11.8 Å². The molecule has 1 atom stereocenters. The fraction of sp³-hybridized carbons (Fsp3) is 0.231. The van der Waals surface area contributed by atoms with Gasteiger partial charge in [0.05, 0.1) is 0 Å². The highest BCUT2D eigenvalue weighted by molar-refractivity contribution is 7.99. The van der Waals surface area contributed by atoms with Crippen molar-refractivity contribution in [1.29, 1.82) is 0 Å². The summed E-state index contributed by atoms with van der Waals surface area (Å²) >= 11 is 1.29. The molecule has 2 rings (SSSR count). The van der Waals surface area contributed by atoms with Crippen molar-refractivity contribution in [1.82, 2.24) is 9.97 Å². The lowest BCUT2D eigenvalue weighted by Crippen LogP contribution is -2.18. The van der Waals surface area contributed by atoms with E-state index in [1.54, 1.807) is 6.07 Å². The molecule has 0 aliphatic carbocycles. The van der Waals surface area contributed by atoms with Crippen LogP contribution in [-0.4, -0.2) is 16.0 Å². The van der Waals surface area contributed by atoms with Crippen molar-refractivity contribution in [3.63, 3.8) is 0 Å². The second-order valence-electron chi connectivity index (χ2n) is 4.27. The molecule has 0 saturated carbocycles. The first-order valence-electron chi connectivity index (χ1n) is 5.82. The van der Waals surface area contributed by atoms with E-state index < -0.39 is 0 Å². The summed E-state index contributed by atoms with van der Waals surface area (Å²) in [7, 11) is 0. The maximum atomic E-state index is 13.3. The predicted octanol–water partition coefficient (Wildman–Crippen LogP) is 1.95. The van der Waals surface area contributed by atoms with Gasteiger partial charge < -0.3 is 10.7 Å². The first kappa shape index (κ1) is 13.8. The van der Waals surface area contributed by atoms with E-state index >= 15 is 0 Å². The highest BCUT2D eigenvalue weighted by Gasteiger charge is 2.09. The third-order valence-electron chi connectivity index (χ3n) is 2.42. The van der Waals surface area contributed by atoms with Crippen LogP contribution in [-0.2, 0) is 6.42 Å². The van der Waals surface area contributed by atoms with Crippen molar-refractivity contribution < 1.29 is 4.39 Å². The lowest BCUT2D eigenvalue weighted by molar-refractivity contribution is 0.620. The molecule has 4 nitrogen and oxygen atoms in total. The van der Waals surface area contributed by atoms with Crippen LogP contribution in [0.4, 0.5) is 4.39 Å². The molecule has 0 radical (unpaired) electrons. The monoisotopic (exact) mass is 279 g/mol. The van der Waals surface area contributed by atoms with Crippen LogP contribution in [0.3, 0.4) is 0 Å². The van der Waals surface area contributed by atoms with Crippen molar-refractivity contribution in [2.24, 2.45) is 5.73 Å². The highest BCUT2D eigenvalue weighted by Crippen LogP contribution is 2.28. The summed E-state index contributed by atoms with van der Waals surface area (Å²) in [5.41, 5.74) is 6.35. The Balaban J connectivity index is 2.31. The van der Waals surface area contributed by atoms with Gasteiger partial charge in [-0.25, -0.2) is 9.37 Å². The summed E-state index contributed by atoms with van der Waals surface area (Å²) in [6.07, 6.45) is 2.01. The summed E-state index contributed by atoms with van der Waals surface area (Å²) in [4.78, 5) is 18.7. The Labute approximate surface area is 114 Å². The van der Waals surface area contributed by atoms with E-state index in [9.17, 15) is 9.18 Å². The first-order valence-corrected chi connectivity index (χ1v) is 6.63. The van der Waals surface area contributed by atoms with E-state index in [1.165, 1.54) is 36.2 Å². The normalized spacial score (nSPS) is 12.4. The molecule has 0 fully saturated rings. The van der Waals surface area contributed by atoms with Gasteiger partial charge >= 0.3 is 0 Å². The van der Waals surface area contributed by atoms with Crippen molar-refractivity contribution in [3.8, 4) is 0 Å². The van der Waals surface area contributed by atoms with E-state index in [2.05, 4.69) is 9.97 Å². The van der Waals surface area contributed by atoms with E-state index in [4.69, 9.17) is 5.73 Å². The number of halogens is 1. The van der Waals surface area contributed by atoms with Crippen LogP contribution >= 0.6 is 11.8 Å². The third-order valence-corrected chi connectivity index (χ3v) is 3.44. The van der Waals surface area contributed by atoms with E-state index in [-0.39, 0.29) is 17.4 Å². The molecule has 0 aliphatic heterocycles. The van der Waals surface area contributed by atoms with Gasteiger partial charge in [0.25, 0.3) is 5.56 Å². The minimum atomic E-state index is -0.297. The van der Waals surface area contributed by atoms with Crippen LogP contribution in [0, 0.1) is 5.82 Å². The van der Waals surface area contributed by atoms with Crippen LogP contribution < -0.4 is 11.3 Å². The minimum absolute atomic E-state index is 0.0658. The van der Waals surface area contributed by atoms with E-state index in [1.807, 2.05) is 6.92 Å². The number of rotatable bonds is 4. The molecule has 0 aliphatic rings. The molecule has 6 heteroatoms. The SMILES string of the molecule is CC(N)Cc1cc(F)ccc1Sc1nccc(=O)[nH]1. The van der Waals surface area contributed by atoms with Gasteiger partial charge in [-0.05, 0) is 37.1 Å². The van der Waals surface area contributed by atoms with Gasteiger partial charge in [0.15, 0.2) is 5.16 Å². The second-order valence-corrected chi connectivity index (χ2v) is 5.31. The third kappa shape index (κ3) is 3.90. The Bertz CT molecular complexity index is 627. The number of H-pyrrole nitrogens is 1. The summed E-state index contributed by atoms with van der Waals surface area (Å²) in [5.74, 6) is -0.297. The number of hydrogen-bond donors (Lipinski definition) is 2. The molecule has 0 bridgehead atoms. The minimum Gasteiger partial charge on any atom is -0.328 e. The Kier molecular flexibility index (Phi) is 4.34. The second kappa shape index (κ2) is 5.99. The van der Waals surface area contributed by atoms with Gasteiger partial charge in [-0.2, -0.15) is 0 Å². The van der Waals surface area contributed by atoms with Crippen LogP contribution in [0.15, 0.2) is 45.3 Å². The lowest BCUT2D eigenvalue weighted by Gasteiger charge is -2.10. The molecule has 100 valence electrons. The van der Waals surface area contributed by atoms with Gasteiger partial charge in [0, 0.05) is 23.2 Å². The number of nitrogens with one attached hydrogen (secondary N) is 1. The highest BCUT2D eigenvalue weighted by atomic mass is 32.2. The zero-order valence-corrected chi connectivity index (χ0v) is 11.2. The number of nitrogens with two attached hydrogens (primary N) is 1. The summed E-state index contributed by atoms with van der Waals surface area (Å²) in [6.45, 7) is 1.86. The fourth-order valence-corrected chi connectivity index (χ4v) is 2.54. The number of benzene rings is 1. The molecular formula is C13H14FN3OS. The summed E-state index contributed by atoms with van der Waals surface area (Å²) < 4.78 is 13.3. The molecule has 0 spiro atoms. The van der Waals surface area contributed by atoms with Crippen molar-refractivity contribution in [2.45, 2.75) is 29.4 Å². The Morgan fingerprint density at radius 3 is 2.95 bits per heavy atom. The van der Waals surface area contributed by atoms with Gasteiger partial charge in [-0.3, -0.25) is 4.79 Å². The quantitative estimate of drug-likeness (QED) is 0.839. The predicted molar refractivity (Wildman–Crippen MR) is 72.7 cm³/mol. The van der Waals surface area contributed by atoms with Crippen LogP contribution in [0.2, 0.25) is 0 Å². The molecule has 1 heterocycles. The molecule has 1 unspecified atom stereocenters. The smallest absolute Gasteiger partial charge is 0.251 e. The summed E-state index contributed by atoms with van der Waals surface area (Å²) in [5, 5.41) is 0.477. The van der Waals surface area contributed by atoms with Gasteiger partial charge in [0.2, 0.25) is 0 Å². The molecule has 1 aromatic carbocycles. The average Bonchev–Trinajstić information content (AvgIpc) is 2.32. The maximum absolute atomic E-state index is 13.3. The fourth-order valence-electron chi connectivity index (χ4n) is 1.66. The zero-order valence-electron chi connectivity index (χ0n) is 10.4. The molecule has 0 saturated heterocycles. The standard InChI is InChI=1S/C13H14FN3OS/c1-8(15)6-9-7-10(14)2-3-11(9)19-13-16-5-4-12(18)17-13/h2-5,7-8H,6,15H2,1H3,(H,16,17,18). The van der Waals surface area contributed by atoms with Gasteiger partial charge in [-0.15, -0.1) is 0 Å². The van der Waals surface area contributed by atoms with Crippen LogP contribution in [0.5, 0.6) is 0 Å². The van der Waals surface area contributed by atoms with Gasteiger partial charge in [0.1, 0.15) is 5.82 Å². The first-order chi connectivity index (χ1) is 9.04. The molecule has 1 aromatic heterocycles. The van der Waals surface area contributed by atoms with Crippen molar-refractivity contribution in [3.05, 3.63) is 52.2 Å². The number of aromatic amines is 1. The topological polar surface area (TPSA) is 71.8 Å². The molecule has 2 aromatic rings. The summed E-state index contributed by atoms with van der Waals surface area (Å²) in [6, 6.07) is 5.80. The maximum Gasteiger partial charge on any atom is 0.251 e. The number of nitrogens with zero attached hydrogens (tertiary/aromatic N) is 1. The Morgan fingerprint density at radius 2 is 2.26 bits per heavy atom. The van der Waals surface area contributed by atoms with E-state index in [0.717, 1.165) is 10.5 Å². The van der Waals surface area contributed by atoms with Crippen LogP contribution in [0.1, 0.15) is 12.5 Å². The largest absolute Gasteiger partial charge is 0.328 e. The Morgan fingerprint density at radius 1 is 1.47 bits per heavy atom. The number of aromatic nitrogens is 2. The Hall–Kier alpha value is -1.66. The molecular weight excluding hydrogens is 265 g/mol. The molecule has 3 N–H and O–H groups in total. The van der Waals surface area contributed by atoms with Gasteiger partial charge in [-0.1, -0.05) is 11.8 Å². The molecule has 0 amide bonds.